The number of carbonyl (C=O) groups is 1. The third kappa shape index (κ3) is 4.95. The standard InChI is InChI=1S/C23H19ClF2N4O2S/c1-14(29-22(31)21-9-8-20(33-21)15-2-4-16(24)5-3-15)23(32,11-30-13-27-12-28-30)18-7-6-17(25)10-19(18)26/h2-10,12-14,32H,11H2,1H3,(H,29,31). The first kappa shape index (κ1) is 23.0. The molecule has 0 fully saturated rings. The summed E-state index contributed by atoms with van der Waals surface area (Å²) in [7, 11) is 0. The molecule has 0 aliphatic carbocycles. The Bertz CT molecular complexity index is 1260. The fraction of sp³-hybridized carbons (Fsp3) is 0.174. The largest absolute Gasteiger partial charge is 0.381 e. The zero-order chi connectivity index (χ0) is 23.6. The van der Waals surface area contributed by atoms with Crippen LogP contribution in [-0.2, 0) is 12.1 Å². The summed E-state index contributed by atoms with van der Waals surface area (Å²) in [5.41, 5.74) is -1.19. The average Bonchev–Trinajstić information content (AvgIpc) is 3.46. The van der Waals surface area contributed by atoms with E-state index in [1.54, 1.807) is 25.1 Å². The van der Waals surface area contributed by atoms with Crippen LogP contribution in [0, 0.1) is 11.6 Å². The molecule has 1 amide bonds. The van der Waals surface area contributed by atoms with Crippen molar-refractivity contribution in [2.24, 2.45) is 0 Å². The van der Waals surface area contributed by atoms with E-state index in [9.17, 15) is 18.7 Å². The molecule has 10 heteroatoms. The van der Waals surface area contributed by atoms with Crippen molar-refractivity contribution in [2.75, 3.05) is 0 Å². The highest BCUT2D eigenvalue weighted by Gasteiger charge is 2.40. The Kier molecular flexibility index (Phi) is 6.55. The van der Waals surface area contributed by atoms with Crippen molar-refractivity contribution >= 4 is 28.8 Å². The summed E-state index contributed by atoms with van der Waals surface area (Å²) >= 11 is 7.20. The first-order chi connectivity index (χ1) is 15.8. The number of nitrogens with zero attached hydrogens (tertiary/aromatic N) is 3. The lowest BCUT2D eigenvalue weighted by molar-refractivity contribution is -0.0185. The quantitative estimate of drug-likeness (QED) is 0.397. The Morgan fingerprint density at radius 2 is 1.97 bits per heavy atom. The van der Waals surface area contributed by atoms with Gasteiger partial charge in [-0.3, -0.25) is 4.79 Å². The van der Waals surface area contributed by atoms with Gasteiger partial charge in [0.25, 0.3) is 5.91 Å². The molecule has 0 radical (unpaired) electrons. The molecule has 6 nitrogen and oxygen atoms in total. The molecule has 2 N–H and O–H groups in total. The van der Waals surface area contributed by atoms with Crippen LogP contribution in [0.25, 0.3) is 10.4 Å². The maximum absolute atomic E-state index is 14.6. The van der Waals surface area contributed by atoms with E-state index in [1.165, 1.54) is 28.7 Å². The SMILES string of the molecule is CC(NC(=O)c1ccc(-c2ccc(Cl)cc2)s1)C(O)(Cn1cncn1)c1ccc(F)cc1F. The maximum atomic E-state index is 14.6. The zero-order valence-electron chi connectivity index (χ0n) is 17.4. The Hall–Kier alpha value is -3.14. The zero-order valence-corrected chi connectivity index (χ0v) is 18.9. The molecule has 4 aromatic rings. The summed E-state index contributed by atoms with van der Waals surface area (Å²) in [6.45, 7) is 1.34. The van der Waals surface area contributed by atoms with Crippen LogP contribution in [0.15, 0.2) is 67.3 Å². The van der Waals surface area contributed by atoms with Gasteiger partial charge in [0.1, 0.15) is 29.9 Å². The fourth-order valence-electron chi connectivity index (χ4n) is 3.47. The molecule has 2 aromatic heterocycles. The molecule has 170 valence electrons. The molecule has 0 bridgehead atoms. The van der Waals surface area contributed by atoms with Crippen LogP contribution in [-0.4, -0.2) is 31.8 Å². The summed E-state index contributed by atoms with van der Waals surface area (Å²) in [6.07, 6.45) is 2.63. The fourth-order valence-corrected chi connectivity index (χ4v) is 4.51. The molecule has 2 atom stereocenters. The van der Waals surface area contributed by atoms with E-state index in [0.717, 1.165) is 22.6 Å². The maximum Gasteiger partial charge on any atom is 0.261 e. The van der Waals surface area contributed by atoms with Crippen LogP contribution in [0.5, 0.6) is 0 Å². The van der Waals surface area contributed by atoms with Gasteiger partial charge in [-0.2, -0.15) is 5.10 Å². The molecule has 0 aliphatic heterocycles. The molecule has 2 aromatic carbocycles. The lowest BCUT2D eigenvalue weighted by Crippen LogP contribution is -2.51. The van der Waals surface area contributed by atoms with Gasteiger partial charge in [0, 0.05) is 21.5 Å². The summed E-state index contributed by atoms with van der Waals surface area (Å²) in [5.74, 6) is -2.14. The number of nitrogens with one attached hydrogen (secondary N) is 1. The van der Waals surface area contributed by atoms with Gasteiger partial charge in [0.05, 0.1) is 17.5 Å². The van der Waals surface area contributed by atoms with Crippen LogP contribution in [0.2, 0.25) is 5.02 Å². The molecule has 2 unspecified atom stereocenters. The summed E-state index contributed by atoms with van der Waals surface area (Å²) < 4.78 is 29.4. The second-order valence-corrected chi connectivity index (χ2v) is 9.03. The van der Waals surface area contributed by atoms with Gasteiger partial charge in [0.2, 0.25) is 0 Å². The van der Waals surface area contributed by atoms with Crippen LogP contribution in [0.3, 0.4) is 0 Å². The smallest absolute Gasteiger partial charge is 0.261 e. The third-order valence-electron chi connectivity index (χ3n) is 5.29. The van der Waals surface area contributed by atoms with Crippen molar-refractivity contribution in [1.29, 1.82) is 0 Å². The minimum Gasteiger partial charge on any atom is -0.381 e. The molecular weight excluding hydrogens is 470 g/mol. The summed E-state index contributed by atoms with van der Waals surface area (Å²) in [5, 5.41) is 18.8. The number of aliphatic hydroxyl groups is 1. The van der Waals surface area contributed by atoms with Gasteiger partial charge in [-0.15, -0.1) is 11.3 Å². The Balaban J connectivity index is 1.59. The lowest BCUT2D eigenvalue weighted by atomic mass is 9.86. The van der Waals surface area contributed by atoms with Crippen molar-refractivity contribution in [3.8, 4) is 10.4 Å². The average molecular weight is 489 g/mol. The number of halogens is 3. The van der Waals surface area contributed by atoms with E-state index < -0.39 is 29.2 Å². The van der Waals surface area contributed by atoms with E-state index in [0.29, 0.717) is 16.0 Å². The molecule has 0 saturated carbocycles. The van der Waals surface area contributed by atoms with Crippen molar-refractivity contribution in [1.82, 2.24) is 20.1 Å². The van der Waals surface area contributed by atoms with Gasteiger partial charge in [-0.25, -0.2) is 18.4 Å². The predicted molar refractivity (Wildman–Crippen MR) is 122 cm³/mol. The molecule has 0 spiro atoms. The Labute approximate surface area is 197 Å². The molecule has 2 heterocycles. The second-order valence-electron chi connectivity index (χ2n) is 7.51. The van der Waals surface area contributed by atoms with Crippen molar-refractivity contribution in [3.63, 3.8) is 0 Å². The lowest BCUT2D eigenvalue weighted by Gasteiger charge is -2.35. The van der Waals surface area contributed by atoms with Crippen LogP contribution >= 0.6 is 22.9 Å². The second kappa shape index (κ2) is 9.38. The van der Waals surface area contributed by atoms with E-state index in [4.69, 9.17) is 11.6 Å². The summed E-state index contributed by atoms with van der Waals surface area (Å²) in [4.78, 5) is 18.1. The number of rotatable bonds is 7. The Morgan fingerprint density at radius 3 is 2.64 bits per heavy atom. The van der Waals surface area contributed by atoms with Gasteiger partial charge in [-0.05, 0) is 42.8 Å². The van der Waals surface area contributed by atoms with Gasteiger partial charge in [-0.1, -0.05) is 29.8 Å². The number of carbonyl (C=O) groups excluding carboxylic acids is 1. The monoisotopic (exact) mass is 488 g/mol. The normalized spacial score (nSPS) is 14.0. The Morgan fingerprint density at radius 1 is 1.21 bits per heavy atom. The number of benzene rings is 2. The predicted octanol–water partition coefficient (Wildman–Crippen LogP) is 4.64. The van der Waals surface area contributed by atoms with Gasteiger partial charge < -0.3 is 10.4 Å². The molecule has 0 aliphatic rings. The van der Waals surface area contributed by atoms with Gasteiger partial charge in [0.15, 0.2) is 0 Å². The van der Waals surface area contributed by atoms with E-state index >= 15 is 0 Å². The van der Waals surface area contributed by atoms with E-state index in [-0.39, 0.29) is 12.1 Å². The molecule has 4 rings (SSSR count). The molecular formula is C23H19ClF2N4O2S. The van der Waals surface area contributed by atoms with Crippen molar-refractivity contribution in [3.05, 3.63) is 94.3 Å². The van der Waals surface area contributed by atoms with Crippen LogP contribution in [0.4, 0.5) is 8.78 Å². The molecule has 0 saturated heterocycles. The highest BCUT2D eigenvalue weighted by Crippen LogP contribution is 2.32. The van der Waals surface area contributed by atoms with Crippen molar-refractivity contribution < 1.29 is 18.7 Å². The number of hydrogen-bond acceptors (Lipinski definition) is 5. The van der Waals surface area contributed by atoms with Crippen LogP contribution < -0.4 is 5.32 Å². The van der Waals surface area contributed by atoms with Gasteiger partial charge >= 0.3 is 0 Å². The third-order valence-corrected chi connectivity index (χ3v) is 6.67. The number of amides is 1. The number of thiophene rings is 1. The number of hydrogen-bond donors (Lipinski definition) is 2. The van der Waals surface area contributed by atoms with Crippen molar-refractivity contribution in [2.45, 2.75) is 25.1 Å². The van der Waals surface area contributed by atoms with E-state index in [2.05, 4.69) is 15.4 Å². The van der Waals surface area contributed by atoms with Crippen LogP contribution in [0.1, 0.15) is 22.2 Å². The van der Waals surface area contributed by atoms with E-state index in [1.807, 2.05) is 18.2 Å². The highest BCUT2D eigenvalue weighted by molar-refractivity contribution is 7.17. The summed E-state index contributed by atoms with van der Waals surface area (Å²) in [6, 6.07) is 12.7. The highest BCUT2D eigenvalue weighted by atomic mass is 35.5. The first-order valence-electron chi connectivity index (χ1n) is 9.93. The topological polar surface area (TPSA) is 80.0 Å². The minimum absolute atomic E-state index is 0.166. The molecule has 33 heavy (non-hydrogen) atoms. The number of aromatic nitrogens is 3. The minimum atomic E-state index is -1.93. The first-order valence-corrected chi connectivity index (χ1v) is 11.1.